The molecular weight excluding hydrogens is 352 g/mol. The number of benzene rings is 1. The number of hydrogen-bond donors (Lipinski definition) is 4. The number of rotatable bonds is 8. The van der Waals surface area contributed by atoms with Crippen molar-refractivity contribution < 1.29 is 14.7 Å². The third-order valence-corrected chi connectivity index (χ3v) is 5.56. The van der Waals surface area contributed by atoms with E-state index in [-0.39, 0.29) is 11.7 Å². The van der Waals surface area contributed by atoms with Gasteiger partial charge in [-0.1, -0.05) is 12.1 Å². The van der Waals surface area contributed by atoms with Crippen LogP contribution in [-0.2, 0) is 4.79 Å². The van der Waals surface area contributed by atoms with E-state index >= 15 is 0 Å². The van der Waals surface area contributed by atoms with E-state index in [2.05, 4.69) is 15.6 Å². The van der Waals surface area contributed by atoms with E-state index in [1.807, 2.05) is 24.3 Å². The Kier molecular flexibility index (Phi) is 6.31. The van der Waals surface area contributed by atoms with Gasteiger partial charge in [-0.3, -0.25) is 9.59 Å². The molecule has 7 nitrogen and oxygen atoms in total. The van der Waals surface area contributed by atoms with Crippen LogP contribution in [0.2, 0.25) is 0 Å². The van der Waals surface area contributed by atoms with Crippen LogP contribution in [0.15, 0.2) is 24.3 Å². The molecule has 1 saturated heterocycles. The molecule has 1 fully saturated rings. The monoisotopic (exact) mass is 376 g/mol. The predicted molar refractivity (Wildman–Crippen MR) is 101 cm³/mol. The number of fused-ring (bicyclic) bond motifs is 1. The summed E-state index contributed by atoms with van der Waals surface area (Å²) in [4.78, 5) is 29.8. The molecule has 5 N–H and O–H groups in total. The molecular formula is C18H24N4O3S. The number of nitrogens with zero attached hydrogens (tertiary/aromatic N) is 1. The van der Waals surface area contributed by atoms with E-state index in [1.165, 1.54) is 11.3 Å². The van der Waals surface area contributed by atoms with E-state index in [1.54, 1.807) is 0 Å². The minimum atomic E-state index is -0.630. The summed E-state index contributed by atoms with van der Waals surface area (Å²) < 4.78 is 0.948. The standard InChI is InChI=1S/C18H24N4O3S/c19-8-4-3-6-13(21-17(25)14-9-11(23)10-20-14)16(24)18-22-12-5-1-2-7-15(12)26-18/h1-2,5,7,11,13-14,20,23H,3-4,6,8-10,19H2,(H,21,25)/t11?,13?,14-/m0/s1. The highest BCUT2D eigenvalue weighted by molar-refractivity contribution is 7.20. The zero-order chi connectivity index (χ0) is 18.5. The van der Waals surface area contributed by atoms with Crippen molar-refractivity contribution in [1.82, 2.24) is 15.6 Å². The van der Waals surface area contributed by atoms with Gasteiger partial charge in [-0.25, -0.2) is 4.98 Å². The molecule has 0 aliphatic carbocycles. The first-order chi connectivity index (χ1) is 12.6. The fraction of sp³-hybridized carbons (Fsp3) is 0.500. The first-order valence-corrected chi connectivity index (χ1v) is 9.72. The number of aromatic nitrogens is 1. The number of para-hydroxylation sites is 1. The summed E-state index contributed by atoms with van der Waals surface area (Å²) in [6.45, 7) is 0.939. The summed E-state index contributed by atoms with van der Waals surface area (Å²) in [5.41, 5.74) is 6.33. The molecule has 3 rings (SSSR count). The zero-order valence-corrected chi connectivity index (χ0v) is 15.3. The van der Waals surface area contributed by atoms with Gasteiger partial charge in [0.25, 0.3) is 0 Å². The van der Waals surface area contributed by atoms with Crippen LogP contribution in [0.1, 0.15) is 35.5 Å². The van der Waals surface area contributed by atoms with Gasteiger partial charge in [-0.2, -0.15) is 0 Å². The van der Waals surface area contributed by atoms with Gasteiger partial charge in [0.15, 0.2) is 5.01 Å². The number of β-amino-alcohol motifs (C(OH)–C–C–N with tert-alkyl or cyclic N) is 1. The lowest BCUT2D eigenvalue weighted by Crippen LogP contribution is -2.48. The molecule has 0 saturated carbocycles. The molecule has 2 heterocycles. The van der Waals surface area contributed by atoms with Gasteiger partial charge in [0.2, 0.25) is 11.7 Å². The van der Waals surface area contributed by atoms with Crippen molar-refractivity contribution in [3.05, 3.63) is 29.3 Å². The highest BCUT2D eigenvalue weighted by Gasteiger charge is 2.31. The van der Waals surface area contributed by atoms with Gasteiger partial charge in [0.1, 0.15) is 0 Å². The Morgan fingerprint density at radius 3 is 2.88 bits per heavy atom. The van der Waals surface area contributed by atoms with Crippen LogP contribution in [0.3, 0.4) is 0 Å². The summed E-state index contributed by atoms with van der Waals surface area (Å²) in [6.07, 6.45) is 1.89. The van der Waals surface area contributed by atoms with Crippen LogP contribution in [0, 0.1) is 0 Å². The van der Waals surface area contributed by atoms with E-state index < -0.39 is 18.2 Å². The molecule has 0 spiro atoms. The van der Waals surface area contributed by atoms with Crippen molar-refractivity contribution in [3.63, 3.8) is 0 Å². The summed E-state index contributed by atoms with van der Waals surface area (Å²) in [7, 11) is 0. The van der Waals surface area contributed by atoms with Crippen molar-refractivity contribution in [2.45, 2.75) is 43.9 Å². The Morgan fingerprint density at radius 1 is 1.38 bits per heavy atom. The Bertz CT molecular complexity index is 746. The first kappa shape index (κ1) is 18.9. The van der Waals surface area contributed by atoms with Crippen LogP contribution < -0.4 is 16.4 Å². The number of aliphatic hydroxyl groups excluding tert-OH is 1. The van der Waals surface area contributed by atoms with Crippen LogP contribution >= 0.6 is 11.3 Å². The van der Waals surface area contributed by atoms with E-state index in [9.17, 15) is 14.7 Å². The minimum absolute atomic E-state index is 0.171. The number of Topliss-reactive ketones (excluding diaryl/α,β-unsaturated/α-hetero) is 1. The van der Waals surface area contributed by atoms with Gasteiger partial charge < -0.3 is 21.5 Å². The highest BCUT2D eigenvalue weighted by Crippen LogP contribution is 2.23. The molecule has 1 aliphatic rings. The predicted octanol–water partition coefficient (Wildman–Crippen LogP) is 0.816. The molecule has 0 bridgehead atoms. The summed E-state index contributed by atoms with van der Waals surface area (Å²) in [6, 6.07) is 6.49. The quantitative estimate of drug-likeness (QED) is 0.400. The number of carbonyl (C=O) groups excluding carboxylic acids is 2. The van der Waals surface area contributed by atoms with E-state index in [4.69, 9.17) is 5.73 Å². The largest absolute Gasteiger partial charge is 0.392 e. The second-order valence-electron chi connectivity index (χ2n) is 6.55. The molecule has 2 aromatic rings. The number of unbranched alkanes of at least 4 members (excludes halogenated alkanes) is 1. The topological polar surface area (TPSA) is 117 Å². The third kappa shape index (κ3) is 4.45. The Labute approximate surface area is 156 Å². The Morgan fingerprint density at radius 2 is 2.19 bits per heavy atom. The number of nitrogens with one attached hydrogen (secondary N) is 2. The SMILES string of the molecule is NCCCCC(NC(=O)[C@@H]1CC(O)CN1)C(=O)c1nc2ccccc2s1. The van der Waals surface area contributed by atoms with Gasteiger partial charge in [0, 0.05) is 6.54 Å². The Balaban J connectivity index is 1.73. The van der Waals surface area contributed by atoms with Crippen LogP contribution in [-0.4, -0.2) is 53.1 Å². The van der Waals surface area contributed by atoms with E-state index in [0.29, 0.717) is 30.9 Å². The molecule has 2 unspecified atom stereocenters. The average molecular weight is 376 g/mol. The number of amides is 1. The maximum atomic E-state index is 13.0. The van der Waals surface area contributed by atoms with Crippen LogP contribution in [0.25, 0.3) is 10.2 Å². The fourth-order valence-electron chi connectivity index (χ4n) is 3.08. The maximum absolute atomic E-state index is 13.0. The average Bonchev–Trinajstić information content (AvgIpc) is 3.26. The lowest BCUT2D eigenvalue weighted by molar-refractivity contribution is -0.123. The molecule has 1 aromatic heterocycles. The minimum Gasteiger partial charge on any atom is -0.392 e. The molecule has 1 aliphatic heterocycles. The zero-order valence-electron chi connectivity index (χ0n) is 14.5. The second kappa shape index (κ2) is 8.68. The lowest BCUT2D eigenvalue weighted by Gasteiger charge is -2.19. The summed E-state index contributed by atoms with van der Waals surface area (Å²) in [5, 5.41) is 15.8. The first-order valence-electron chi connectivity index (χ1n) is 8.90. The second-order valence-corrected chi connectivity index (χ2v) is 7.58. The number of hydrogen-bond acceptors (Lipinski definition) is 7. The highest BCUT2D eigenvalue weighted by atomic mass is 32.1. The molecule has 1 amide bonds. The van der Waals surface area contributed by atoms with E-state index in [0.717, 1.165) is 23.1 Å². The third-order valence-electron chi connectivity index (χ3n) is 4.51. The number of nitrogens with two attached hydrogens (primary N) is 1. The number of ketones is 1. The van der Waals surface area contributed by atoms with Crippen molar-refractivity contribution in [2.24, 2.45) is 5.73 Å². The smallest absolute Gasteiger partial charge is 0.237 e. The number of carbonyl (C=O) groups is 2. The lowest BCUT2D eigenvalue weighted by atomic mass is 10.0. The van der Waals surface area contributed by atoms with Crippen LogP contribution in [0.5, 0.6) is 0 Å². The molecule has 0 radical (unpaired) electrons. The molecule has 1 aromatic carbocycles. The number of aliphatic hydroxyl groups is 1. The van der Waals surface area contributed by atoms with Crippen molar-refractivity contribution in [3.8, 4) is 0 Å². The van der Waals surface area contributed by atoms with Crippen LogP contribution in [0.4, 0.5) is 0 Å². The van der Waals surface area contributed by atoms with Crippen molar-refractivity contribution >= 4 is 33.2 Å². The molecule has 3 atom stereocenters. The Hall–Kier alpha value is -1.87. The van der Waals surface area contributed by atoms with Crippen molar-refractivity contribution in [1.29, 1.82) is 0 Å². The normalized spacial score (nSPS) is 21.0. The molecule has 140 valence electrons. The fourth-order valence-corrected chi connectivity index (χ4v) is 4.04. The van der Waals surface area contributed by atoms with Gasteiger partial charge >= 0.3 is 0 Å². The summed E-state index contributed by atoms with van der Waals surface area (Å²) in [5.74, 6) is -0.427. The summed E-state index contributed by atoms with van der Waals surface area (Å²) >= 11 is 1.34. The van der Waals surface area contributed by atoms with Crippen molar-refractivity contribution in [2.75, 3.05) is 13.1 Å². The van der Waals surface area contributed by atoms with Gasteiger partial charge in [0.05, 0.1) is 28.4 Å². The maximum Gasteiger partial charge on any atom is 0.237 e. The number of thiazole rings is 1. The van der Waals surface area contributed by atoms with Gasteiger partial charge in [-0.05, 0) is 44.4 Å². The molecule has 26 heavy (non-hydrogen) atoms. The molecule has 8 heteroatoms. The van der Waals surface area contributed by atoms with Gasteiger partial charge in [-0.15, -0.1) is 11.3 Å².